The summed E-state index contributed by atoms with van der Waals surface area (Å²) in [5.74, 6) is -0.133. The zero-order chi connectivity index (χ0) is 16.4. The smallest absolute Gasteiger partial charge is 0.227 e. The van der Waals surface area contributed by atoms with E-state index in [0.29, 0.717) is 17.6 Å². The van der Waals surface area contributed by atoms with Crippen LogP contribution < -0.4 is 5.73 Å². The van der Waals surface area contributed by atoms with Gasteiger partial charge < -0.3 is 10.6 Å². The molecule has 1 aliphatic heterocycles. The summed E-state index contributed by atoms with van der Waals surface area (Å²) in [5.41, 5.74) is 8.18. The van der Waals surface area contributed by atoms with Crippen LogP contribution in [0.2, 0.25) is 0 Å². The van der Waals surface area contributed by atoms with Gasteiger partial charge in [-0.3, -0.25) is 4.79 Å². The fourth-order valence-electron chi connectivity index (χ4n) is 3.02. The van der Waals surface area contributed by atoms with Crippen molar-refractivity contribution < 1.29 is 9.18 Å². The van der Waals surface area contributed by atoms with Crippen LogP contribution in [-0.2, 0) is 11.2 Å². The van der Waals surface area contributed by atoms with Crippen molar-refractivity contribution in [3.05, 3.63) is 69.9 Å². The minimum Gasteiger partial charge on any atom is -0.340 e. The van der Waals surface area contributed by atoms with Crippen LogP contribution in [0.5, 0.6) is 0 Å². The van der Waals surface area contributed by atoms with E-state index >= 15 is 0 Å². The number of benzene rings is 2. The van der Waals surface area contributed by atoms with Crippen LogP contribution in [0.25, 0.3) is 0 Å². The highest BCUT2D eigenvalue weighted by Crippen LogP contribution is 2.27. The number of hydrogen-bond acceptors (Lipinski definition) is 2. The third-order valence-electron chi connectivity index (χ3n) is 4.28. The monoisotopic (exact) mass is 376 g/mol. The third kappa shape index (κ3) is 3.62. The number of rotatable bonds is 3. The zero-order valence-electron chi connectivity index (χ0n) is 12.6. The maximum absolute atomic E-state index is 13.3. The Morgan fingerprint density at radius 3 is 2.65 bits per heavy atom. The fourth-order valence-corrected chi connectivity index (χ4v) is 3.45. The lowest BCUT2D eigenvalue weighted by Gasteiger charge is -2.16. The molecule has 5 heteroatoms. The number of halogens is 2. The van der Waals surface area contributed by atoms with Gasteiger partial charge in [-0.2, -0.15) is 0 Å². The van der Waals surface area contributed by atoms with E-state index in [0.717, 1.165) is 5.56 Å². The normalized spacial score (nSPS) is 20.7. The molecular formula is C18H18BrFN2O. The highest BCUT2D eigenvalue weighted by molar-refractivity contribution is 9.10. The minimum absolute atomic E-state index is 0.0254. The Balaban J connectivity index is 1.68. The molecule has 3 rings (SSSR count). The molecule has 1 heterocycles. The fraction of sp³-hybridized carbons (Fsp3) is 0.278. The summed E-state index contributed by atoms with van der Waals surface area (Å²) in [5, 5.41) is 0. The van der Waals surface area contributed by atoms with Gasteiger partial charge in [0.1, 0.15) is 5.82 Å². The van der Waals surface area contributed by atoms with Crippen molar-refractivity contribution in [2.45, 2.75) is 18.4 Å². The average Bonchev–Trinajstić information content (AvgIpc) is 2.94. The Hall–Kier alpha value is -1.72. The van der Waals surface area contributed by atoms with E-state index in [1.54, 1.807) is 17.0 Å². The molecule has 2 N–H and O–H groups in total. The zero-order valence-corrected chi connectivity index (χ0v) is 14.2. The van der Waals surface area contributed by atoms with Crippen LogP contribution in [0, 0.1) is 5.82 Å². The second-order valence-electron chi connectivity index (χ2n) is 5.90. The van der Waals surface area contributed by atoms with E-state index < -0.39 is 0 Å². The summed E-state index contributed by atoms with van der Waals surface area (Å²) >= 11 is 3.15. The molecule has 0 spiro atoms. The maximum atomic E-state index is 13.3. The second-order valence-corrected chi connectivity index (χ2v) is 6.76. The van der Waals surface area contributed by atoms with E-state index in [2.05, 4.69) is 28.1 Å². The highest BCUT2D eigenvalue weighted by Gasteiger charge is 2.33. The van der Waals surface area contributed by atoms with Crippen LogP contribution >= 0.6 is 15.9 Å². The van der Waals surface area contributed by atoms with Gasteiger partial charge in [-0.25, -0.2) is 4.39 Å². The van der Waals surface area contributed by atoms with Gasteiger partial charge >= 0.3 is 0 Å². The van der Waals surface area contributed by atoms with Crippen molar-refractivity contribution in [3.8, 4) is 0 Å². The number of hydrogen-bond donors (Lipinski definition) is 1. The molecule has 0 saturated carbocycles. The summed E-state index contributed by atoms with van der Waals surface area (Å²) in [4.78, 5) is 14.3. The number of nitrogens with two attached hydrogens (primary N) is 1. The van der Waals surface area contributed by atoms with E-state index in [-0.39, 0.29) is 30.1 Å². The number of carbonyl (C=O) groups excluding carboxylic acids is 1. The Morgan fingerprint density at radius 1 is 1.22 bits per heavy atom. The largest absolute Gasteiger partial charge is 0.340 e. The van der Waals surface area contributed by atoms with E-state index in [1.807, 2.05) is 18.2 Å². The Labute approximate surface area is 143 Å². The molecule has 120 valence electrons. The molecule has 3 nitrogen and oxygen atoms in total. The standard InChI is InChI=1S/C18H18BrFN2O/c19-15-8-12(6-7-16(15)20)9-18(23)22-10-14(17(21)11-22)13-4-2-1-3-5-13/h1-8,14,17H,9-11,21H2/t14-,17+/m0/s1. The highest BCUT2D eigenvalue weighted by atomic mass is 79.9. The van der Waals surface area contributed by atoms with Gasteiger partial charge in [0, 0.05) is 25.0 Å². The van der Waals surface area contributed by atoms with Crippen molar-refractivity contribution in [1.82, 2.24) is 4.90 Å². The van der Waals surface area contributed by atoms with Crippen molar-refractivity contribution in [2.75, 3.05) is 13.1 Å². The Morgan fingerprint density at radius 2 is 1.96 bits per heavy atom. The number of carbonyl (C=O) groups is 1. The van der Waals surface area contributed by atoms with Crippen LogP contribution in [0.15, 0.2) is 53.0 Å². The topological polar surface area (TPSA) is 46.3 Å². The SMILES string of the molecule is N[C@@H]1CN(C(=O)Cc2ccc(F)c(Br)c2)C[C@H]1c1ccccc1. The lowest BCUT2D eigenvalue weighted by Crippen LogP contribution is -2.33. The predicted octanol–water partition coefficient (Wildman–Crippen LogP) is 3.08. The van der Waals surface area contributed by atoms with E-state index in [9.17, 15) is 9.18 Å². The molecule has 0 radical (unpaired) electrons. The first-order valence-electron chi connectivity index (χ1n) is 7.57. The molecule has 2 aromatic rings. The molecule has 2 aromatic carbocycles. The second kappa shape index (κ2) is 6.81. The molecule has 0 bridgehead atoms. The number of likely N-dealkylation sites (tertiary alicyclic amines) is 1. The molecule has 23 heavy (non-hydrogen) atoms. The molecule has 2 atom stereocenters. The summed E-state index contributed by atoms with van der Waals surface area (Å²) in [6, 6.07) is 14.7. The van der Waals surface area contributed by atoms with Gasteiger partial charge in [0.05, 0.1) is 10.9 Å². The molecular weight excluding hydrogens is 359 g/mol. The van der Waals surface area contributed by atoms with Gasteiger partial charge in [0.15, 0.2) is 0 Å². The Bertz CT molecular complexity index is 707. The van der Waals surface area contributed by atoms with Crippen molar-refractivity contribution in [2.24, 2.45) is 5.73 Å². The summed E-state index contributed by atoms with van der Waals surface area (Å²) < 4.78 is 13.6. The summed E-state index contributed by atoms with van der Waals surface area (Å²) in [6.45, 7) is 1.19. The van der Waals surface area contributed by atoms with Crippen LogP contribution in [0.4, 0.5) is 4.39 Å². The molecule has 1 fully saturated rings. The maximum Gasteiger partial charge on any atom is 0.227 e. The predicted molar refractivity (Wildman–Crippen MR) is 91.5 cm³/mol. The van der Waals surface area contributed by atoms with Gasteiger partial charge in [0.2, 0.25) is 5.91 Å². The van der Waals surface area contributed by atoms with Crippen LogP contribution in [0.1, 0.15) is 17.0 Å². The van der Waals surface area contributed by atoms with E-state index in [1.165, 1.54) is 11.6 Å². The van der Waals surface area contributed by atoms with Crippen LogP contribution in [0.3, 0.4) is 0 Å². The minimum atomic E-state index is -0.325. The average molecular weight is 377 g/mol. The third-order valence-corrected chi connectivity index (χ3v) is 4.89. The first-order chi connectivity index (χ1) is 11.0. The first-order valence-corrected chi connectivity index (χ1v) is 8.36. The van der Waals surface area contributed by atoms with Crippen LogP contribution in [-0.4, -0.2) is 29.9 Å². The first kappa shape index (κ1) is 16.1. The molecule has 1 saturated heterocycles. The van der Waals surface area contributed by atoms with Crippen molar-refractivity contribution >= 4 is 21.8 Å². The Kier molecular flexibility index (Phi) is 4.78. The molecule has 0 aromatic heterocycles. The molecule has 1 aliphatic rings. The molecule has 0 aliphatic carbocycles. The van der Waals surface area contributed by atoms with Gasteiger partial charge in [0.25, 0.3) is 0 Å². The number of nitrogens with zero attached hydrogens (tertiary/aromatic N) is 1. The summed E-state index contributed by atoms with van der Waals surface area (Å²) in [7, 11) is 0. The lowest BCUT2D eigenvalue weighted by atomic mass is 9.95. The van der Waals surface area contributed by atoms with E-state index in [4.69, 9.17) is 5.73 Å². The van der Waals surface area contributed by atoms with Gasteiger partial charge in [-0.1, -0.05) is 36.4 Å². The molecule has 0 unspecified atom stereocenters. The van der Waals surface area contributed by atoms with Crippen molar-refractivity contribution in [1.29, 1.82) is 0 Å². The van der Waals surface area contributed by atoms with Gasteiger partial charge in [-0.15, -0.1) is 0 Å². The van der Waals surface area contributed by atoms with Gasteiger partial charge in [-0.05, 0) is 39.2 Å². The van der Waals surface area contributed by atoms with Crippen molar-refractivity contribution in [3.63, 3.8) is 0 Å². The quantitative estimate of drug-likeness (QED) is 0.894. The summed E-state index contributed by atoms with van der Waals surface area (Å²) in [6.07, 6.45) is 0.257. The lowest BCUT2D eigenvalue weighted by molar-refractivity contribution is -0.129. The molecule has 1 amide bonds. The number of amides is 1.